The first-order valence-electron chi connectivity index (χ1n) is 9.72. The molecule has 3 rings (SSSR count). The summed E-state index contributed by atoms with van der Waals surface area (Å²) < 4.78 is 0. The average Bonchev–Trinajstić information content (AvgIpc) is 3.24. The van der Waals surface area contributed by atoms with E-state index in [0.29, 0.717) is 17.8 Å². The summed E-state index contributed by atoms with van der Waals surface area (Å²) in [5.74, 6) is -0.241. The number of carbonyl (C=O) groups excluding carboxylic acids is 3. The first kappa shape index (κ1) is 20.1. The van der Waals surface area contributed by atoms with E-state index in [0.717, 1.165) is 37.9 Å². The van der Waals surface area contributed by atoms with Crippen molar-refractivity contribution >= 4 is 23.4 Å². The highest BCUT2D eigenvalue weighted by Gasteiger charge is 2.32. The van der Waals surface area contributed by atoms with Crippen LogP contribution in [0.25, 0.3) is 5.70 Å². The molecule has 2 aliphatic heterocycles. The molecule has 0 bridgehead atoms. The smallest absolute Gasteiger partial charge is 0.259 e. The normalized spacial score (nSPS) is 19.1. The van der Waals surface area contributed by atoms with Gasteiger partial charge in [-0.05, 0) is 31.9 Å². The van der Waals surface area contributed by atoms with Gasteiger partial charge >= 0.3 is 0 Å². The van der Waals surface area contributed by atoms with Crippen molar-refractivity contribution in [3.63, 3.8) is 0 Å². The molecule has 0 spiro atoms. The molecule has 1 fully saturated rings. The van der Waals surface area contributed by atoms with Crippen molar-refractivity contribution < 1.29 is 14.4 Å². The molecule has 150 valence electrons. The van der Waals surface area contributed by atoms with Crippen LogP contribution in [-0.2, 0) is 9.59 Å². The number of likely N-dealkylation sites (tertiary alicyclic amines) is 1. The van der Waals surface area contributed by atoms with Crippen LogP contribution in [0.1, 0.15) is 35.2 Å². The SMILES string of the molecule is C=C1c2ccccc2C(=O)N1CC(=O)NCCCN1CCCC1C(=O)N(C)C. The molecule has 0 radical (unpaired) electrons. The number of likely N-dealkylation sites (N-methyl/N-ethyl adjacent to an activating group) is 1. The quantitative estimate of drug-likeness (QED) is 0.717. The molecule has 1 unspecified atom stereocenters. The Morgan fingerprint density at radius 1 is 1.25 bits per heavy atom. The zero-order valence-corrected chi connectivity index (χ0v) is 16.6. The molecule has 7 heteroatoms. The first-order valence-corrected chi connectivity index (χ1v) is 9.72. The van der Waals surface area contributed by atoms with Crippen LogP contribution in [0.5, 0.6) is 0 Å². The van der Waals surface area contributed by atoms with Gasteiger partial charge in [-0.15, -0.1) is 0 Å². The van der Waals surface area contributed by atoms with Crippen LogP contribution >= 0.6 is 0 Å². The minimum atomic E-state index is -0.204. The molecule has 0 aromatic heterocycles. The zero-order chi connectivity index (χ0) is 20.3. The highest BCUT2D eigenvalue weighted by molar-refractivity contribution is 6.10. The van der Waals surface area contributed by atoms with E-state index >= 15 is 0 Å². The molecular formula is C21H28N4O3. The van der Waals surface area contributed by atoms with Crippen LogP contribution < -0.4 is 5.32 Å². The van der Waals surface area contributed by atoms with Crippen molar-refractivity contribution in [3.8, 4) is 0 Å². The van der Waals surface area contributed by atoms with E-state index in [9.17, 15) is 14.4 Å². The highest BCUT2D eigenvalue weighted by atomic mass is 16.2. The zero-order valence-electron chi connectivity index (χ0n) is 16.6. The standard InChI is InChI=1S/C21H28N4O3/c1-15-16-8-4-5-9-17(16)20(27)25(15)14-19(26)22-11-7-13-24-12-6-10-18(24)21(28)23(2)3/h4-5,8-9,18H,1,6-7,10-14H2,2-3H3,(H,22,26). The number of hydrogen-bond donors (Lipinski definition) is 1. The van der Waals surface area contributed by atoms with Crippen LogP contribution in [0.2, 0.25) is 0 Å². The Hall–Kier alpha value is -2.67. The molecule has 0 saturated carbocycles. The Labute approximate surface area is 166 Å². The Kier molecular flexibility index (Phi) is 6.14. The van der Waals surface area contributed by atoms with Gasteiger partial charge in [-0.1, -0.05) is 24.8 Å². The van der Waals surface area contributed by atoms with Crippen molar-refractivity contribution in [2.75, 3.05) is 40.3 Å². The van der Waals surface area contributed by atoms with Gasteiger partial charge in [-0.2, -0.15) is 0 Å². The highest BCUT2D eigenvalue weighted by Crippen LogP contribution is 2.30. The Morgan fingerprint density at radius 2 is 1.96 bits per heavy atom. The van der Waals surface area contributed by atoms with Gasteiger partial charge in [-0.3, -0.25) is 24.2 Å². The number of hydrogen-bond acceptors (Lipinski definition) is 4. The molecule has 3 amide bonds. The number of nitrogens with zero attached hydrogens (tertiary/aromatic N) is 3. The second-order valence-electron chi connectivity index (χ2n) is 7.51. The first-order chi connectivity index (χ1) is 13.4. The lowest BCUT2D eigenvalue weighted by molar-refractivity contribution is -0.133. The number of fused-ring (bicyclic) bond motifs is 1. The van der Waals surface area contributed by atoms with Crippen molar-refractivity contribution in [1.29, 1.82) is 0 Å². The lowest BCUT2D eigenvalue weighted by Crippen LogP contribution is -2.43. The van der Waals surface area contributed by atoms with Crippen molar-refractivity contribution in [1.82, 2.24) is 20.0 Å². The number of rotatable bonds is 7. The van der Waals surface area contributed by atoms with Crippen LogP contribution in [0.15, 0.2) is 30.8 Å². The number of benzene rings is 1. The van der Waals surface area contributed by atoms with Gasteiger partial charge in [0.15, 0.2) is 0 Å². The number of amides is 3. The fraction of sp³-hybridized carbons (Fsp3) is 0.476. The summed E-state index contributed by atoms with van der Waals surface area (Å²) in [6.45, 7) is 6.12. The van der Waals surface area contributed by atoms with E-state index in [1.54, 1.807) is 31.1 Å². The molecule has 1 aromatic rings. The molecule has 1 aromatic carbocycles. The molecule has 28 heavy (non-hydrogen) atoms. The van der Waals surface area contributed by atoms with E-state index in [-0.39, 0.29) is 30.3 Å². The van der Waals surface area contributed by atoms with Gasteiger partial charge in [-0.25, -0.2) is 0 Å². The Morgan fingerprint density at radius 3 is 2.64 bits per heavy atom. The summed E-state index contributed by atoms with van der Waals surface area (Å²) in [5.41, 5.74) is 1.94. The summed E-state index contributed by atoms with van der Waals surface area (Å²) in [7, 11) is 3.57. The van der Waals surface area contributed by atoms with Crippen LogP contribution in [-0.4, -0.2) is 78.7 Å². The van der Waals surface area contributed by atoms with Gasteiger partial charge in [0.25, 0.3) is 5.91 Å². The van der Waals surface area contributed by atoms with Gasteiger partial charge < -0.3 is 10.2 Å². The van der Waals surface area contributed by atoms with E-state index in [4.69, 9.17) is 0 Å². The third-order valence-electron chi connectivity index (χ3n) is 5.37. The fourth-order valence-corrected chi connectivity index (χ4v) is 3.88. The predicted molar refractivity (Wildman–Crippen MR) is 107 cm³/mol. The number of nitrogens with one attached hydrogen (secondary N) is 1. The van der Waals surface area contributed by atoms with Crippen molar-refractivity contribution in [3.05, 3.63) is 42.0 Å². The summed E-state index contributed by atoms with van der Waals surface area (Å²) in [6, 6.07) is 7.21. The Bertz CT molecular complexity index is 755. The molecule has 0 aliphatic carbocycles. The maximum Gasteiger partial charge on any atom is 0.259 e. The second-order valence-corrected chi connectivity index (χ2v) is 7.51. The molecule has 2 heterocycles. The average molecular weight is 384 g/mol. The van der Waals surface area contributed by atoms with Crippen LogP contribution in [0, 0.1) is 0 Å². The Balaban J connectivity index is 1.43. The van der Waals surface area contributed by atoms with E-state index < -0.39 is 0 Å². The minimum absolute atomic E-state index is 0.0300. The molecule has 7 nitrogen and oxygen atoms in total. The van der Waals surface area contributed by atoms with Crippen molar-refractivity contribution in [2.24, 2.45) is 0 Å². The largest absolute Gasteiger partial charge is 0.355 e. The second kappa shape index (κ2) is 8.56. The van der Waals surface area contributed by atoms with Gasteiger partial charge in [0, 0.05) is 44.0 Å². The predicted octanol–water partition coefficient (Wildman–Crippen LogP) is 1.17. The molecule has 1 atom stereocenters. The minimum Gasteiger partial charge on any atom is -0.355 e. The topological polar surface area (TPSA) is 73.0 Å². The number of carbonyl (C=O) groups is 3. The molecule has 1 N–H and O–H groups in total. The summed E-state index contributed by atoms with van der Waals surface area (Å²) in [6.07, 6.45) is 2.68. The van der Waals surface area contributed by atoms with Gasteiger partial charge in [0.05, 0.1) is 6.04 Å². The van der Waals surface area contributed by atoms with Gasteiger partial charge in [0.1, 0.15) is 6.54 Å². The monoisotopic (exact) mass is 384 g/mol. The lowest BCUT2D eigenvalue weighted by Gasteiger charge is -2.26. The van der Waals surface area contributed by atoms with E-state index in [1.807, 2.05) is 12.1 Å². The van der Waals surface area contributed by atoms with E-state index in [1.165, 1.54) is 4.90 Å². The third-order valence-corrected chi connectivity index (χ3v) is 5.37. The van der Waals surface area contributed by atoms with Gasteiger partial charge in [0.2, 0.25) is 11.8 Å². The third kappa shape index (κ3) is 4.09. The maximum atomic E-state index is 12.4. The van der Waals surface area contributed by atoms with Crippen LogP contribution in [0.4, 0.5) is 0 Å². The van der Waals surface area contributed by atoms with Crippen molar-refractivity contribution in [2.45, 2.75) is 25.3 Å². The fourth-order valence-electron chi connectivity index (χ4n) is 3.88. The lowest BCUT2D eigenvalue weighted by atomic mass is 10.1. The molecule has 2 aliphatic rings. The maximum absolute atomic E-state index is 12.4. The van der Waals surface area contributed by atoms with Crippen LogP contribution in [0.3, 0.4) is 0 Å². The van der Waals surface area contributed by atoms with E-state index in [2.05, 4.69) is 16.8 Å². The summed E-state index contributed by atoms with van der Waals surface area (Å²) in [5, 5.41) is 2.87. The molecule has 1 saturated heterocycles. The summed E-state index contributed by atoms with van der Waals surface area (Å²) >= 11 is 0. The molecular weight excluding hydrogens is 356 g/mol. The summed E-state index contributed by atoms with van der Waals surface area (Å²) in [4.78, 5) is 42.2.